The zero-order valence-corrected chi connectivity index (χ0v) is 11.4. The maximum atomic E-state index is 11.1. The molecule has 0 bridgehead atoms. The Balaban J connectivity index is 2.77. The zero-order chi connectivity index (χ0) is 12.2. The molecule has 0 aliphatic carbocycles. The minimum absolute atomic E-state index is 0.105. The van der Waals surface area contributed by atoms with Crippen LogP contribution in [0.25, 0.3) is 0 Å². The summed E-state index contributed by atoms with van der Waals surface area (Å²) >= 11 is 3.53. The summed E-state index contributed by atoms with van der Waals surface area (Å²) in [6.45, 7) is 4.79. The summed E-state index contributed by atoms with van der Waals surface area (Å²) < 4.78 is 1.07. The van der Waals surface area contributed by atoms with Crippen LogP contribution in [0.4, 0.5) is 4.79 Å². The van der Waals surface area contributed by atoms with Crippen LogP contribution in [0.5, 0.6) is 0 Å². The third kappa shape index (κ3) is 3.23. The van der Waals surface area contributed by atoms with E-state index in [0.29, 0.717) is 6.54 Å². The fourth-order valence-electron chi connectivity index (χ4n) is 1.49. The molecule has 1 aromatic rings. The molecule has 0 heterocycles. The van der Waals surface area contributed by atoms with Crippen molar-refractivity contribution in [3.05, 3.63) is 34.3 Å². The Hall–Kier alpha value is -1.03. The lowest BCUT2D eigenvalue weighted by atomic mass is 9.84. The van der Waals surface area contributed by atoms with Gasteiger partial charge in [0.15, 0.2) is 0 Å². The first-order chi connectivity index (χ1) is 7.47. The molecule has 0 saturated heterocycles. The second-order valence-corrected chi connectivity index (χ2v) is 5.15. The third-order valence-corrected chi connectivity index (χ3v) is 3.21. The van der Waals surface area contributed by atoms with Gasteiger partial charge in [0.2, 0.25) is 0 Å². The molecule has 4 heteroatoms. The number of benzene rings is 1. The Bertz CT molecular complexity index is 377. The van der Waals surface area contributed by atoms with Gasteiger partial charge in [0, 0.05) is 23.5 Å². The summed E-state index contributed by atoms with van der Waals surface area (Å²) in [5.41, 5.74) is 1.08. The number of nitrogens with one attached hydrogen (secondary N) is 2. The minimum Gasteiger partial charge on any atom is -0.341 e. The number of hydrogen-bond donors (Lipinski definition) is 2. The van der Waals surface area contributed by atoms with Crippen molar-refractivity contribution in [2.45, 2.75) is 19.3 Å². The van der Waals surface area contributed by atoms with E-state index in [0.717, 1.165) is 4.47 Å². The monoisotopic (exact) mass is 284 g/mol. The highest BCUT2D eigenvalue weighted by molar-refractivity contribution is 9.10. The van der Waals surface area contributed by atoms with Crippen LogP contribution in [-0.2, 0) is 5.41 Å². The van der Waals surface area contributed by atoms with Gasteiger partial charge < -0.3 is 10.6 Å². The van der Waals surface area contributed by atoms with E-state index in [1.54, 1.807) is 7.05 Å². The number of hydrogen-bond acceptors (Lipinski definition) is 1. The first-order valence-electron chi connectivity index (χ1n) is 5.18. The predicted octanol–water partition coefficient (Wildman–Crippen LogP) is 2.66. The van der Waals surface area contributed by atoms with Crippen molar-refractivity contribution in [1.29, 1.82) is 0 Å². The van der Waals surface area contributed by atoms with E-state index in [2.05, 4.69) is 46.5 Å². The van der Waals surface area contributed by atoms with Gasteiger partial charge in [-0.2, -0.15) is 0 Å². The Labute approximate surface area is 105 Å². The molecule has 0 spiro atoms. The molecule has 0 aliphatic heterocycles. The summed E-state index contributed by atoms with van der Waals surface area (Å²) in [4.78, 5) is 11.1. The smallest absolute Gasteiger partial charge is 0.314 e. The van der Waals surface area contributed by atoms with Gasteiger partial charge in [0.05, 0.1) is 0 Å². The SMILES string of the molecule is CNC(=O)NCC(C)(C)c1ccccc1Br. The fourth-order valence-corrected chi connectivity index (χ4v) is 2.32. The molecule has 16 heavy (non-hydrogen) atoms. The third-order valence-electron chi connectivity index (χ3n) is 2.52. The van der Waals surface area contributed by atoms with E-state index in [1.807, 2.05) is 18.2 Å². The van der Waals surface area contributed by atoms with E-state index < -0.39 is 0 Å². The van der Waals surface area contributed by atoms with Crippen LogP contribution in [0, 0.1) is 0 Å². The van der Waals surface area contributed by atoms with Crippen LogP contribution in [-0.4, -0.2) is 19.6 Å². The predicted molar refractivity (Wildman–Crippen MR) is 69.6 cm³/mol. The summed E-state index contributed by atoms with van der Waals surface area (Å²) in [7, 11) is 1.61. The van der Waals surface area contributed by atoms with Crippen LogP contribution >= 0.6 is 15.9 Å². The van der Waals surface area contributed by atoms with Gasteiger partial charge in [0.25, 0.3) is 0 Å². The topological polar surface area (TPSA) is 41.1 Å². The van der Waals surface area contributed by atoms with Crippen LogP contribution in [0.3, 0.4) is 0 Å². The second kappa shape index (κ2) is 5.34. The fraction of sp³-hybridized carbons (Fsp3) is 0.417. The molecule has 3 nitrogen and oxygen atoms in total. The van der Waals surface area contributed by atoms with E-state index in [9.17, 15) is 4.79 Å². The average molecular weight is 285 g/mol. The summed E-state index contributed by atoms with van der Waals surface area (Å²) in [6.07, 6.45) is 0. The van der Waals surface area contributed by atoms with Crippen molar-refractivity contribution in [1.82, 2.24) is 10.6 Å². The molecule has 0 unspecified atom stereocenters. The number of urea groups is 1. The number of carbonyl (C=O) groups is 1. The second-order valence-electron chi connectivity index (χ2n) is 4.30. The maximum Gasteiger partial charge on any atom is 0.314 e. The Morgan fingerprint density at radius 1 is 1.38 bits per heavy atom. The highest BCUT2D eigenvalue weighted by Gasteiger charge is 2.23. The molecule has 0 atom stereocenters. The Morgan fingerprint density at radius 3 is 2.56 bits per heavy atom. The van der Waals surface area contributed by atoms with Crippen LogP contribution < -0.4 is 10.6 Å². The van der Waals surface area contributed by atoms with Gasteiger partial charge in [-0.05, 0) is 11.6 Å². The molecular formula is C12H17BrN2O. The molecule has 0 fully saturated rings. The van der Waals surface area contributed by atoms with Crippen molar-refractivity contribution in [3.8, 4) is 0 Å². The van der Waals surface area contributed by atoms with E-state index in [-0.39, 0.29) is 11.4 Å². The largest absolute Gasteiger partial charge is 0.341 e. The highest BCUT2D eigenvalue weighted by Crippen LogP contribution is 2.29. The molecule has 0 saturated carbocycles. The standard InChI is InChI=1S/C12H17BrN2O/c1-12(2,8-15-11(16)14-3)9-6-4-5-7-10(9)13/h4-7H,8H2,1-3H3,(H2,14,15,16). The molecule has 0 aromatic heterocycles. The quantitative estimate of drug-likeness (QED) is 0.880. The zero-order valence-electron chi connectivity index (χ0n) is 9.80. The lowest BCUT2D eigenvalue weighted by Crippen LogP contribution is -2.41. The first kappa shape index (κ1) is 13.0. The number of halogens is 1. The molecule has 1 aromatic carbocycles. The highest BCUT2D eigenvalue weighted by atomic mass is 79.9. The number of carbonyl (C=O) groups excluding carboxylic acids is 1. The minimum atomic E-state index is -0.153. The molecule has 0 radical (unpaired) electrons. The van der Waals surface area contributed by atoms with E-state index in [1.165, 1.54) is 5.56 Å². The van der Waals surface area contributed by atoms with Gasteiger partial charge in [0.1, 0.15) is 0 Å². The number of amides is 2. The van der Waals surface area contributed by atoms with Gasteiger partial charge in [-0.3, -0.25) is 0 Å². The molecule has 1 rings (SSSR count). The average Bonchev–Trinajstić information content (AvgIpc) is 2.26. The lowest BCUT2D eigenvalue weighted by molar-refractivity contribution is 0.240. The summed E-state index contributed by atoms with van der Waals surface area (Å²) in [5, 5.41) is 5.37. The Morgan fingerprint density at radius 2 is 2.00 bits per heavy atom. The summed E-state index contributed by atoms with van der Waals surface area (Å²) in [6, 6.07) is 7.91. The van der Waals surface area contributed by atoms with Crippen molar-refractivity contribution in [3.63, 3.8) is 0 Å². The van der Waals surface area contributed by atoms with Crippen molar-refractivity contribution in [2.75, 3.05) is 13.6 Å². The van der Waals surface area contributed by atoms with Crippen LogP contribution in [0.15, 0.2) is 28.7 Å². The molecule has 0 aliphatic rings. The van der Waals surface area contributed by atoms with Crippen LogP contribution in [0.2, 0.25) is 0 Å². The molecule has 2 amide bonds. The number of rotatable bonds is 3. The first-order valence-corrected chi connectivity index (χ1v) is 5.97. The van der Waals surface area contributed by atoms with Crippen molar-refractivity contribution in [2.24, 2.45) is 0 Å². The van der Waals surface area contributed by atoms with Gasteiger partial charge in [-0.1, -0.05) is 48.0 Å². The van der Waals surface area contributed by atoms with E-state index in [4.69, 9.17) is 0 Å². The van der Waals surface area contributed by atoms with Gasteiger partial charge in [-0.15, -0.1) is 0 Å². The van der Waals surface area contributed by atoms with Gasteiger partial charge >= 0.3 is 6.03 Å². The maximum absolute atomic E-state index is 11.1. The molecular weight excluding hydrogens is 268 g/mol. The summed E-state index contributed by atoms with van der Waals surface area (Å²) in [5.74, 6) is 0. The van der Waals surface area contributed by atoms with E-state index >= 15 is 0 Å². The Kier molecular flexibility index (Phi) is 4.35. The van der Waals surface area contributed by atoms with Gasteiger partial charge in [-0.25, -0.2) is 4.79 Å². The molecule has 2 N–H and O–H groups in total. The van der Waals surface area contributed by atoms with Crippen molar-refractivity contribution < 1.29 is 4.79 Å². The molecule has 88 valence electrons. The normalized spacial score (nSPS) is 11.0. The van der Waals surface area contributed by atoms with Crippen molar-refractivity contribution >= 4 is 22.0 Å². The van der Waals surface area contributed by atoms with Crippen LogP contribution in [0.1, 0.15) is 19.4 Å². The lowest BCUT2D eigenvalue weighted by Gasteiger charge is -2.26.